The largest absolute Gasteiger partial charge is 0.379 e. The van der Waals surface area contributed by atoms with Gasteiger partial charge in [-0.3, -0.25) is 19.4 Å². The molecule has 0 radical (unpaired) electrons. The average molecular weight is 959 g/mol. The highest BCUT2D eigenvalue weighted by Gasteiger charge is 2.10. The van der Waals surface area contributed by atoms with Gasteiger partial charge in [0.2, 0.25) is 5.24 Å². The standard InChI is InChI=1S/C20H36N4O6S.C15H31N5O5S.C4H5ClO/c1-18(2)20(25)6-5-9-28-11-13-30-14-12-29-10-7-24-17-19(21-22-24)16-23(3)8-15-31(4,26)27;1-19(5-12-26(2,21)22)13-15-14-20(18-17-15)4-7-24-9-11-25-10-8-23-6-3-16;1-3(2)4(5)6/h17H,1,5-16H2,2-4H3;14H,3-13,16H2,1-2H3;1H2,2H3. The molecule has 364 valence electrons. The van der Waals surface area contributed by atoms with Crippen LogP contribution in [-0.2, 0) is 83.9 Å². The van der Waals surface area contributed by atoms with Gasteiger partial charge in [-0.25, -0.2) is 26.2 Å². The number of ether oxygens (including phenoxy) is 6. The Bertz CT molecular complexity index is 1770. The predicted octanol–water partition coefficient (Wildman–Crippen LogP) is 0.821. The molecule has 21 nitrogen and oxygen atoms in total. The van der Waals surface area contributed by atoms with Crippen LogP contribution >= 0.6 is 11.6 Å². The van der Waals surface area contributed by atoms with Gasteiger partial charge in [0.05, 0.1) is 109 Å². The number of hydrogen-bond donors (Lipinski definition) is 1. The van der Waals surface area contributed by atoms with E-state index in [4.69, 9.17) is 45.8 Å². The maximum atomic E-state index is 11.4. The summed E-state index contributed by atoms with van der Waals surface area (Å²) in [4.78, 5) is 25.0. The van der Waals surface area contributed by atoms with Gasteiger partial charge in [-0.2, -0.15) is 0 Å². The fraction of sp³-hybridized carbons (Fsp3) is 0.744. The van der Waals surface area contributed by atoms with Gasteiger partial charge in [0.25, 0.3) is 0 Å². The highest BCUT2D eigenvalue weighted by molar-refractivity contribution is 7.90. The van der Waals surface area contributed by atoms with Crippen LogP contribution in [0.1, 0.15) is 38.1 Å². The summed E-state index contributed by atoms with van der Waals surface area (Å²) in [7, 11) is -2.22. The molecule has 2 aromatic heterocycles. The fourth-order valence-corrected chi connectivity index (χ4v) is 5.71. The number of sulfone groups is 2. The van der Waals surface area contributed by atoms with E-state index in [2.05, 4.69) is 33.8 Å². The molecule has 0 saturated heterocycles. The first-order valence-electron chi connectivity index (χ1n) is 20.4. The number of Topliss-reactive ketones (excluding diaryl/α,β-unsaturated/α-hetero) is 1. The third-order valence-corrected chi connectivity index (χ3v) is 10.1. The van der Waals surface area contributed by atoms with Gasteiger partial charge in [-0.05, 0) is 51.5 Å². The zero-order valence-corrected chi connectivity index (χ0v) is 40.5. The summed E-state index contributed by atoms with van der Waals surface area (Å²) >= 11 is 4.87. The van der Waals surface area contributed by atoms with Crippen molar-refractivity contribution in [1.29, 1.82) is 0 Å². The maximum Gasteiger partial charge on any atom is 0.247 e. The van der Waals surface area contributed by atoms with E-state index < -0.39 is 24.9 Å². The highest BCUT2D eigenvalue weighted by atomic mass is 35.5. The van der Waals surface area contributed by atoms with Gasteiger partial charge in [0.1, 0.15) is 19.7 Å². The first-order valence-corrected chi connectivity index (χ1v) is 24.9. The molecule has 0 aromatic carbocycles. The Morgan fingerprint density at radius 2 is 1.00 bits per heavy atom. The van der Waals surface area contributed by atoms with Crippen molar-refractivity contribution < 1.29 is 54.8 Å². The van der Waals surface area contributed by atoms with E-state index in [9.17, 15) is 26.4 Å². The molecule has 0 aliphatic carbocycles. The molecule has 63 heavy (non-hydrogen) atoms. The molecule has 0 fully saturated rings. The first kappa shape index (κ1) is 59.9. The van der Waals surface area contributed by atoms with Crippen molar-refractivity contribution in [1.82, 2.24) is 39.8 Å². The zero-order chi connectivity index (χ0) is 47.5. The molecule has 0 amide bonds. The Labute approximate surface area is 379 Å². The highest BCUT2D eigenvalue weighted by Crippen LogP contribution is 2.02. The van der Waals surface area contributed by atoms with Crippen molar-refractivity contribution >= 4 is 42.3 Å². The van der Waals surface area contributed by atoms with Crippen LogP contribution in [0, 0.1) is 0 Å². The van der Waals surface area contributed by atoms with Crippen molar-refractivity contribution in [3.8, 4) is 0 Å². The molecule has 2 aromatic rings. The number of rotatable bonds is 36. The molecule has 0 unspecified atom stereocenters. The Balaban J connectivity index is 0.00000109. The molecule has 24 heteroatoms. The number of ketones is 1. The van der Waals surface area contributed by atoms with Gasteiger partial charge in [0, 0.05) is 76.2 Å². The van der Waals surface area contributed by atoms with Gasteiger partial charge in [-0.1, -0.05) is 23.6 Å². The topological polar surface area (TPSA) is 252 Å². The van der Waals surface area contributed by atoms with Gasteiger partial charge in [-0.15, -0.1) is 10.2 Å². The molecule has 0 saturated carbocycles. The Hall–Kier alpha value is -3.07. The Kier molecular flexibility index (Phi) is 34.4. The van der Waals surface area contributed by atoms with Crippen molar-refractivity contribution in [2.24, 2.45) is 5.73 Å². The van der Waals surface area contributed by atoms with Crippen molar-refractivity contribution in [2.75, 3.05) is 137 Å². The Morgan fingerprint density at radius 1 is 0.651 bits per heavy atom. The van der Waals surface area contributed by atoms with E-state index in [0.29, 0.717) is 149 Å². The molecular formula is C39H72ClN9O12S2. The molecule has 2 heterocycles. The normalized spacial score (nSPS) is 11.6. The lowest BCUT2D eigenvalue weighted by Crippen LogP contribution is -2.25. The predicted molar refractivity (Wildman–Crippen MR) is 241 cm³/mol. The monoisotopic (exact) mass is 957 g/mol. The molecule has 0 aliphatic heterocycles. The Morgan fingerprint density at radius 3 is 1.33 bits per heavy atom. The number of carbonyl (C=O) groups is 2. The van der Waals surface area contributed by atoms with Gasteiger partial charge < -0.3 is 34.2 Å². The molecule has 2 N–H and O–H groups in total. The molecule has 2 rings (SSSR count). The second-order valence-corrected chi connectivity index (χ2v) is 19.4. The summed E-state index contributed by atoms with van der Waals surface area (Å²) in [5.74, 6) is 0.332. The van der Waals surface area contributed by atoms with Crippen LogP contribution < -0.4 is 5.73 Å². The number of nitrogens with zero attached hydrogens (tertiary/aromatic N) is 8. The van der Waals surface area contributed by atoms with E-state index in [1.165, 1.54) is 12.5 Å². The number of halogens is 1. The smallest absolute Gasteiger partial charge is 0.247 e. The minimum Gasteiger partial charge on any atom is -0.379 e. The summed E-state index contributed by atoms with van der Waals surface area (Å²) in [6.07, 6.45) is 7.29. The molecule has 0 atom stereocenters. The molecule has 0 spiro atoms. The summed E-state index contributed by atoms with van der Waals surface area (Å²) in [5, 5.41) is 15.8. The van der Waals surface area contributed by atoms with Crippen molar-refractivity contribution in [3.63, 3.8) is 0 Å². The second kappa shape index (κ2) is 36.2. The van der Waals surface area contributed by atoms with E-state index in [0.717, 1.165) is 11.4 Å². The quantitative estimate of drug-likeness (QED) is 0.0564. The van der Waals surface area contributed by atoms with Crippen LogP contribution in [0.3, 0.4) is 0 Å². The van der Waals surface area contributed by atoms with Crippen molar-refractivity contribution in [3.05, 3.63) is 48.1 Å². The van der Waals surface area contributed by atoms with E-state index in [-0.39, 0.29) is 17.3 Å². The average Bonchev–Trinajstić information content (AvgIpc) is 3.86. The molecule has 0 bridgehead atoms. The maximum absolute atomic E-state index is 11.4. The minimum atomic E-state index is -2.97. The van der Waals surface area contributed by atoms with Crippen LogP contribution in [0.2, 0.25) is 0 Å². The lowest BCUT2D eigenvalue weighted by atomic mass is 10.1. The van der Waals surface area contributed by atoms with Crippen LogP contribution in [0.25, 0.3) is 0 Å². The van der Waals surface area contributed by atoms with E-state index in [1.807, 2.05) is 36.3 Å². The van der Waals surface area contributed by atoms with Gasteiger partial charge >= 0.3 is 0 Å². The summed E-state index contributed by atoms with van der Waals surface area (Å²) in [6.45, 7) is 20.0. The lowest BCUT2D eigenvalue weighted by molar-refractivity contribution is -0.115. The van der Waals surface area contributed by atoms with Crippen LogP contribution in [-0.4, -0.2) is 205 Å². The minimum absolute atomic E-state index is 0.0797. The molecule has 0 aliphatic rings. The van der Waals surface area contributed by atoms with Crippen LogP contribution in [0.15, 0.2) is 36.7 Å². The second-order valence-electron chi connectivity index (χ2n) is 14.5. The van der Waals surface area contributed by atoms with Crippen molar-refractivity contribution in [2.45, 2.75) is 52.9 Å². The third-order valence-electron chi connectivity index (χ3n) is 7.91. The van der Waals surface area contributed by atoms with E-state index >= 15 is 0 Å². The van der Waals surface area contributed by atoms with E-state index in [1.54, 1.807) is 23.2 Å². The summed E-state index contributed by atoms with van der Waals surface area (Å²) < 4.78 is 80.6. The van der Waals surface area contributed by atoms with Crippen LogP contribution in [0.4, 0.5) is 0 Å². The summed E-state index contributed by atoms with van der Waals surface area (Å²) in [6, 6.07) is 0. The number of allylic oxidation sites excluding steroid dienone is 2. The number of nitrogens with two attached hydrogens (primary N) is 1. The number of hydrogen-bond acceptors (Lipinski definition) is 19. The first-order chi connectivity index (χ1) is 29.7. The molecular weight excluding hydrogens is 886 g/mol. The zero-order valence-electron chi connectivity index (χ0n) is 38.1. The SMILES string of the molecule is C=C(C)C(=O)CCCOCCOCCOCCn1cc(CN(C)CCS(C)(=O)=O)nn1.C=C(C)C(=O)Cl.CN(CCS(C)(=O)=O)Cc1cn(CCOCCOCCOCCN)nn1. The fourth-order valence-electron chi connectivity index (χ4n) is 4.43. The number of aromatic nitrogens is 6. The third kappa shape index (κ3) is 39.1. The van der Waals surface area contributed by atoms with Crippen LogP contribution in [0.5, 0.6) is 0 Å². The van der Waals surface area contributed by atoms with Gasteiger partial charge in [0.15, 0.2) is 5.78 Å². The lowest BCUT2D eigenvalue weighted by Gasteiger charge is -2.13. The number of carbonyl (C=O) groups excluding carboxylic acids is 2. The summed E-state index contributed by atoms with van der Waals surface area (Å²) in [5.41, 5.74) is 7.85.